The highest BCUT2D eigenvalue weighted by atomic mass is 35.5. The van der Waals surface area contributed by atoms with Gasteiger partial charge in [-0.1, -0.05) is 29.6 Å². The summed E-state index contributed by atoms with van der Waals surface area (Å²) in [6.45, 7) is 0. The Labute approximate surface area is 136 Å². The minimum Gasteiger partial charge on any atom is -0.279 e. The van der Waals surface area contributed by atoms with Gasteiger partial charge in [0, 0.05) is 5.02 Å². The second kappa shape index (κ2) is 4.38. The zero-order valence-corrected chi connectivity index (χ0v) is 13.9. The van der Waals surface area contributed by atoms with Crippen molar-refractivity contribution in [3.63, 3.8) is 0 Å². The Hall–Kier alpha value is -0.810. The Kier molecular flexibility index (Phi) is 2.71. The van der Waals surface area contributed by atoms with Crippen molar-refractivity contribution < 1.29 is 4.84 Å². The Morgan fingerprint density at radius 2 is 2.05 bits per heavy atom. The van der Waals surface area contributed by atoms with Crippen LogP contribution in [-0.4, -0.2) is 30.5 Å². The van der Waals surface area contributed by atoms with E-state index in [1.165, 1.54) is 43.4 Å². The molecule has 2 heterocycles. The molecular weight excluding hydrogens is 298 g/mol. The summed E-state index contributed by atoms with van der Waals surface area (Å²) in [5.74, 6) is 1.65. The average molecular weight is 320 g/mol. The lowest BCUT2D eigenvalue weighted by Crippen LogP contribution is -2.51. The molecule has 0 amide bonds. The van der Waals surface area contributed by atoms with Crippen LogP contribution in [0.15, 0.2) is 18.2 Å². The number of hydroxylamine groups is 1. The fourth-order valence-corrected chi connectivity index (χ4v) is 4.75. The zero-order valence-electron chi connectivity index (χ0n) is 13.1. The van der Waals surface area contributed by atoms with Gasteiger partial charge in [0.05, 0.1) is 18.3 Å². The summed E-state index contributed by atoms with van der Waals surface area (Å²) < 4.78 is 0. The molecule has 3 unspecified atom stereocenters. The van der Waals surface area contributed by atoms with Gasteiger partial charge in [0.2, 0.25) is 0 Å². The van der Waals surface area contributed by atoms with Crippen LogP contribution in [0.25, 0.3) is 0 Å². The van der Waals surface area contributed by atoms with E-state index in [2.05, 4.69) is 29.1 Å². The van der Waals surface area contributed by atoms with Gasteiger partial charge in [-0.3, -0.25) is 9.74 Å². The van der Waals surface area contributed by atoms with Crippen LogP contribution < -0.4 is 5.01 Å². The summed E-state index contributed by atoms with van der Waals surface area (Å²) in [5, 5.41) is 5.06. The van der Waals surface area contributed by atoms with E-state index in [-0.39, 0.29) is 11.8 Å². The van der Waals surface area contributed by atoms with Crippen molar-refractivity contribution in [3.8, 4) is 0 Å². The molecule has 5 heteroatoms. The predicted molar refractivity (Wildman–Crippen MR) is 86.1 cm³/mol. The van der Waals surface area contributed by atoms with E-state index in [0.29, 0.717) is 0 Å². The Morgan fingerprint density at radius 3 is 2.68 bits per heavy atom. The number of fused-ring (bicyclic) bond motifs is 3. The van der Waals surface area contributed by atoms with E-state index in [0.717, 1.165) is 16.9 Å². The van der Waals surface area contributed by atoms with Crippen molar-refractivity contribution in [1.82, 2.24) is 10.1 Å². The second-order valence-electron chi connectivity index (χ2n) is 7.29. The van der Waals surface area contributed by atoms with Crippen LogP contribution in [0.5, 0.6) is 0 Å². The lowest BCUT2D eigenvalue weighted by atomic mass is 9.77. The maximum atomic E-state index is 6.38. The van der Waals surface area contributed by atoms with Gasteiger partial charge in [0.1, 0.15) is 0 Å². The largest absolute Gasteiger partial charge is 0.279 e. The third kappa shape index (κ3) is 1.70. The van der Waals surface area contributed by atoms with Crippen molar-refractivity contribution in [3.05, 3.63) is 28.8 Å². The molecule has 2 aliphatic heterocycles. The normalized spacial score (nSPS) is 37.0. The summed E-state index contributed by atoms with van der Waals surface area (Å²) in [6.07, 6.45) is 6.95. The molecule has 2 saturated carbocycles. The summed E-state index contributed by atoms with van der Waals surface area (Å²) in [5.41, 5.74) is 2.82. The first-order valence-corrected chi connectivity index (χ1v) is 8.70. The Morgan fingerprint density at radius 1 is 1.27 bits per heavy atom. The molecule has 4 nitrogen and oxygen atoms in total. The van der Waals surface area contributed by atoms with Crippen molar-refractivity contribution in [2.24, 2.45) is 11.8 Å². The summed E-state index contributed by atoms with van der Waals surface area (Å²) in [6, 6.07) is 6.38. The molecule has 0 bridgehead atoms. The van der Waals surface area contributed by atoms with E-state index >= 15 is 0 Å². The van der Waals surface area contributed by atoms with Crippen LogP contribution in [0.3, 0.4) is 0 Å². The van der Waals surface area contributed by atoms with Gasteiger partial charge < -0.3 is 0 Å². The molecule has 22 heavy (non-hydrogen) atoms. The lowest BCUT2D eigenvalue weighted by Gasteiger charge is -2.46. The van der Waals surface area contributed by atoms with Crippen molar-refractivity contribution in [2.75, 3.05) is 19.2 Å². The monoisotopic (exact) mass is 319 g/mol. The topological polar surface area (TPSA) is 18.5 Å². The number of rotatable bonds is 4. The Balaban J connectivity index is 1.68. The first kappa shape index (κ1) is 13.6. The highest BCUT2D eigenvalue weighted by molar-refractivity contribution is 6.30. The quantitative estimate of drug-likeness (QED) is 0.789. The highest BCUT2D eigenvalue weighted by Crippen LogP contribution is 2.62. The number of hydrazine groups is 1. The summed E-state index contributed by atoms with van der Waals surface area (Å²) in [7, 11) is 4.02. The maximum Gasteiger partial charge on any atom is 0.199 e. The molecule has 0 N–H and O–H groups in total. The first-order chi connectivity index (χ1) is 10.7. The molecule has 118 valence electrons. The van der Waals surface area contributed by atoms with Crippen LogP contribution in [0.2, 0.25) is 5.02 Å². The molecule has 0 spiro atoms. The number of anilines is 1. The number of hydrogen-bond acceptors (Lipinski definition) is 4. The van der Waals surface area contributed by atoms with E-state index in [4.69, 9.17) is 16.4 Å². The molecule has 1 saturated heterocycles. The molecule has 0 aromatic heterocycles. The molecule has 5 rings (SSSR count). The molecule has 2 aliphatic carbocycles. The second-order valence-corrected chi connectivity index (χ2v) is 7.73. The van der Waals surface area contributed by atoms with Crippen LogP contribution in [0, 0.1) is 11.8 Å². The standard InChI is InChI=1S/C17H22ClN3O/c1-19-16-20(21(16)22-2)15-8-7-13(18)9-14(15)17(19,12-5-6-12)10-11-3-4-11/h7-9,11-12,16H,3-6,10H2,1-2H3. The smallest absolute Gasteiger partial charge is 0.199 e. The number of benzene rings is 1. The Bertz CT molecular complexity index is 630. The van der Waals surface area contributed by atoms with Crippen LogP contribution in [0.4, 0.5) is 5.69 Å². The van der Waals surface area contributed by atoms with Crippen molar-refractivity contribution >= 4 is 17.3 Å². The fraction of sp³-hybridized carbons (Fsp3) is 0.647. The number of nitrogens with zero attached hydrogens (tertiary/aromatic N) is 3. The summed E-state index contributed by atoms with van der Waals surface area (Å²) >= 11 is 6.38. The van der Waals surface area contributed by atoms with Gasteiger partial charge in [-0.05, 0) is 61.9 Å². The van der Waals surface area contributed by atoms with E-state index in [1.807, 2.05) is 11.2 Å². The van der Waals surface area contributed by atoms with Gasteiger partial charge in [0.15, 0.2) is 6.29 Å². The zero-order chi connectivity index (χ0) is 15.1. The van der Waals surface area contributed by atoms with E-state index < -0.39 is 0 Å². The SMILES string of the molecule is CON1C2N1c1ccc(Cl)cc1C(CC1CC1)(C1CC1)N2C. The minimum absolute atomic E-state index is 0.135. The summed E-state index contributed by atoms with van der Waals surface area (Å²) in [4.78, 5) is 8.11. The molecule has 0 radical (unpaired) electrons. The van der Waals surface area contributed by atoms with Gasteiger partial charge in [-0.25, -0.2) is 5.01 Å². The maximum absolute atomic E-state index is 6.38. The van der Waals surface area contributed by atoms with Gasteiger partial charge in [-0.2, -0.15) is 0 Å². The third-order valence-electron chi connectivity index (χ3n) is 5.96. The molecule has 1 aromatic carbocycles. The third-order valence-corrected chi connectivity index (χ3v) is 6.19. The highest BCUT2D eigenvalue weighted by Gasteiger charge is 2.65. The van der Waals surface area contributed by atoms with Crippen molar-refractivity contribution in [2.45, 2.75) is 43.9 Å². The molecule has 1 aromatic rings. The first-order valence-electron chi connectivity index (χ1n) is 8.32. The van der Waals surface area contributed by atoms with Gasteiger partial charge >= 0.3 is 0 Å². The lowest BCUT2D eigenvalue weighted by molar-refractivity contribution is -0.0784. The van der Waals surface area contributed by atoms with Gasteiger partial charge in [-0.15, -0.1) is 0 Å². The number of hydrogen-bond donors (Lipinski definition) is 0. The molecule has 4 aliphatic rings. The van der Waals surface area contributed by atoms with Crippen LogP contribution >= 0.6 is 11.6 Å². The molecule has 3 fully saturated rings. The average Bonchev–Trinajstić information content (AvgIpc) is 3.34. The van der Waals surface area contributed by atoms with E-state index in [9.17, 15) is 0 Å². The molecular formula is C17H22ClN3O. The van der Waals surface area contributed by atoms with E-state index in [1.54, 1.807) is 7.11 Å². The predicted octanol–water partition coefficient (Wildman–Crippen LogP) is 3.57. The van der Waals surface area contributed by atoms with Gasteiger partial charge in [0.25, 0.3) is 0 Å². The molecule has 3 atom stereocenters. The van der Waals surface area contributed by atoms with Crippen molar-refractivity contribution in [1.29, 1.82) is 0 Å². The van der Waals surface area contributed by atoms with Crippen LogP contribution in [-0.2, 0) is 10.4 Å². The number of halogens is 1. The van der Waals surface area contributed by atoms with Crippen LogP contribution in [0.1, 0.15) is 37.7 Å². The fourth-order valence-electron chi connectivity index (χ4n) is 4.57. The minimum atomic E-state index is 0.135.